The predicted octanol–water partition coefficient (Wildman–Crippen LogP) is 2.14. The first-order valence-corrected chi connectivity index (χ1v) is 7.34. The van der Waals surface area contributed by atoms with E-state index in [4.69, 9.17) is 5.11 Å². The molecule has 1 saturated carbocycles. The third kappa shape index (κ3) is 5.31. The van der Waals surface area contributed by atoms with E-state index in [1.54, 1.807) is 6.92 Å². The number of hydrogen-bond donors (Lipinski definition) is 2. The number of carboxylic acids is 1. The van der Waals surface area contributed by atoms with Crippen molar-refractivity contribution in [2.75, 3.05) is 6.54 Å². The lowest BCUT2D eigenvalue weighted by Gasteiger charge is -2.36. The summed E-state index contributed by atoms with van der Waals surface area (Å²) in [5.74, 6) is -1.32. The van der Waals surface area contributed by atoms with E-state index in [9.17, 15) is 14.4 Å². The summed E-state index contributed by atoms with van der Waals surface area (Å²) in [6.45, 7) is 3.60. The van der Waals surface area contributed by atoms with Gasteiger partial charge < -0.3 is 15.2 Å². The predicted molar refractivity (Wildman–Crippen MR) is 75.2 cm³/mol. The molecule has 0 aliphatic heterocycles. The van der Waals surface area contributed by atoms with Gasteiger partial charge in [-0.05, 0) is 25.2 Å². The topological polar surface area (TPSA) is 83.5 Å². The molecule has 0 heterocycles. The number of amides is 1. The molecule has 20 heavy (non-hydrogen) atoms. The minimum absolute atomic E-state index is 0.00874. The number of ketones is 1. The Hall–Kier alpha value is -1.39. The Morgan fingerprint density at radius 3 is 2.30 bits per heavy atom. The van der Waals surface area contributed by atoms with Crippen LogP contribution in [0.2, 0.25) is 0 Å². The monoisotopic (exact) mass is 283 g/mol. The lowest BCUT2D eigenvalue weighted by atomic mass is 9.71. The van der Waals surface area contributed by atoms with Gasteiger partial charge in [0, 0.05) is 18.9 Å². The smallest absolute Gasteiger partial charge is 0.303 e. The van der Waals surface area contributed by atoms with Crippen molar-refractivity contribution in [1.82, 2.24) is 5.32 Å². The zero-order chi connectivity index (χ0) is 15.2. The van der Waals surface area contributed by atoms with Crippen molar-refractivity contribution in [3.8, 4) is 0 Å². The molecular formula is C15H25NO4. The maximum atomic E-state index is 11.9. The van der Waals surface area contributed by atoms with Gasteiger partial charge in [-0.25, -0.2) is 0 Å². The highest BCUT2D eigenvalue weighted by Gasteiger charge is 2.35. The number of rotatable bonds is 7. The molecule has 1 rings (SSSR count). The van der Waals surface area contributed by atoms with Crippen molar-refractivity contribution in [3.63, 3.8) is 0 Å². The van der Waals surface area contributed by atoms with Crippen LogP contribution in [0.3, 0.4) is 0 Å². The SMILES string of the molecule is CC(=O)CC(C)C(=O)NCC1(CC(=O)O)CCCCC1. The molecule has 1 aliphatic carbocycles. The molecule has 1 aliphatic rings. The third-order valence-corrected chi connectivity index (χ3v) is 4.12. The lowest BCUT2D eigenvalue weighted by Crippen LogP contribution is -2.42. The van der Waals surface area contributed by atoms with Gasteiger partial charge in [0.05, 0.1) is 6.42 Å². The van der Waals surface area contributed by atoms with Crippen LogP contribution in [-0.4, -0.2) is 29.3 Å². The maximum Gasteiger partial charge on any atom is 0.303 e. The van der Waals surface area contributed by atoms with Crippen LogP contribution < -0.4 is 5.32 Å². The number of aliphatic carboxylic acids is 1. The fourth-order valence-electron chi connectivity index (χ4n) is 3.01. The number of carboxylic acid groups (broad SMARTS) is 1. The average Bonchev–Trinajstić information content (AvgIpc) is 2.35. The minimum atomic E-state index is -0.807. The van der Waals surface area contributed by atoms with Crippen LogP contribution in [0.15, 0.2) is 0 Å². The highest BCUT2D eigenvalue weighted by atomic mass is 16.4. The van der Waals surface area contributed by atoms with Gasteiger partial charge in [-0.2, -0.15) is 0 Å². The number of Topliss-reactive ketones (excluding diaryl/α,β-unsaturated/α-hetero) is 1. The van der Waals surface area contributed by atoms with Crippen LogP contribution in [-0.2, 0) is 14.4 Å². The molecule has 5 heteroatoms. The van der Waals surface area contributed by atoms with Crippen LogP contribution in [0, 0.1) is 11.3 Å². The Bertz CT molecular complexity index is 372. The van der Waals surface area contributed by atoms with Crippen molar-refractivity contribution in [2.24, 2.45) is 11.3 Å². The molecule has 0 spiro atoms. The molecule has 5 nitrogen and oxygen atoms in total. The van der Waals surface area contributed by atoms with Gasteiger partial charge in [0.2, 0.25) is 5.91 Å². The van der Waals surface area contributed by atoms with Crippen LogP contribution in [0.1, 0.15) is 58.8 Å². The first kappa shape index (κ1) is 16.7. The molecule has 1 atom stereocenters. The molecule has 0 aromatic carbocycles. The van der Waals surface area contributed by atoms with Gasteiger partial charge in [0.25, 0.3) is 0 Å². The second-order valence-electron chi connectivity index (χ2n) is 6.16. The summed E-state index contributed by atoms with van der Waals surface area (Å²) in [5.41, 5.74) is -0.310. The second-order valence-corrected chi connectivity index (χ2v) is 6.16. The molecule has 0 saturated heterocycles. The zero-order valence-corrected chi connectivity index (χ0v) is 12.4. The summed E-state index contributed by atoms with van der Waals surface area (Å²) in [4.78, 5) is 34.0. The minimum Gasteiger partial charge on any atom is -0.481 e. The standard InChI is InChI=1S/C15H25NO4/c1-11(8-12(2)17)14(20)16-10-15(9-13(18)19)6-4-3-5-7-15/h11H,3-10H2,1-2H3,(H,16,20)(H,18,19). The summed E-state index contributed by atoms with van der Waals surface area (Å²) in [6.07, 6.45) is 5.21. The van der Waals surface area contributed by atoms with E-state index in [-0.39, 0.29) is 35.9 Å². The van der Waals surface area contributed by atoms with Crippen LogP contribution in [0.25, 0.3) is 0 Å². The van der Waals surface area contributed by atoms with E-state index < -0.39 is 5.97 Å². The van der Waals surface area contributed by atoms with Gasteiger partial charge in [-0.3, -0.25) is 9.59 Å². The molecule has 1 amide bonds. The van der Waals surface area contributed by atoms with Crippen molar-refractivity contribution in [1.29, 1.82) is 0 Å². The summed E-state index contributed by atoms with van der Waals surface area (Å²) in [5, 5.41) is 11.9. The van der Waals surface area contributed by atoms with E-state index in [1.165, 1.54) is 6.92 Å². The van der Waals surface area contributed by atoms with Crippen molar-refractivity contribution in [3.05, 3.63) is 0 Å². The van der Waals surface area contributed by atoms with E-state index in [0.717, 1.165) is 32.1 Å². The van der Waals surface area contributed by atoms with E-state index in [0.29, 0.717) is 6.54 Å². The molecule has 0 bridgehead atoms. The Morgan fingerprint density at radius 2 is 1.80 bits per heavy atom. The fourth-order valence-corrected chi connectivity index (χ4v) is 3.01. The highest BCUT2D eigenvalue weighted by Crippen LogP contribution is 2.38. The first-order chi connectivity index (χ1) is 9.34. The van der Waals surface area contributed by atoms with Gasteiger partial charge >= 0.3 is 5.97 Å². The largest absolute Gasteiger partial charge is 0.481 e. The van der Waals surface area contributed by atoms with Crippen LogP contribution in [0.5, 0.6) is 0 Å². The fraction of sp³-hybridized carbons (Fsp3) is 0.800. The Balaban J connectivity index is 2.55. The number of carbonyl (C=O) groups is 3. The maximum absolute atomic E-state index is 11.9. The number of nitrogens with one attached hydrogen (secondary N) is 1. The quantitative estimate of drug-likeness (QED) is 0.750. The molecule has 114 valence electrons. The highest BCUT2D eigenvalue weighted by molar-refractivity contribution is 5.85. The first-order valence-electron chi connectivity index (χ1n) is 7.34. The van der Waals surface area contributed by atoms with Gasteiger partial charge in [0.1, 0.15) is 5.78 Å². The molecular weight excluding hydrogens is 258 g/mol. The number of carbonyl (C=O) groups excluding carboxylic acids is 2. The average molecular weight is 283 g/mol. The lowest BCUT2D eigenvalue weighted by molar-refractivity contribution is -0.141. The van der Waals surface area contributed by atoms with Crippen molar-refractivity contribution >= 4 is 17.7 Å². The van der Waals surface area contributed by atoms with Gasteiger partial charge in [-0.15, -0.1) is 0 Å². The zero-order valence-electron chi connectivity index (χ0n) is 12.4. The summed E-state index contributed by atoms with van der Waals surface area (Å²) in [7, 11) is 0. The summed E-state index contributed by atoms with van der Waals surface area (Å²) < 4.78 is 0. The molecule has 0 aromatic rings. The summed E-state index contributed by atoms with van der Waals surface area (Å²) in [6, 6.07) is 0. The third-order valence-electron chi connectivity index (χ3n) is 4.12. The van der Waals surface area contributed by atoms with Crippen molar-refractivity contribution in [2.45, 2.75) is 58.8 Å². The number of hydrogen-bond acceptors (Lipinski definition) is 3. The van der Waals surface area contributed by atoms with Crippen LogP contribution in [0.4, 0.5) is 0 Å². The van der Waals surface area contributed by atoms with E-state index in [1.807, 2.05) is 0 Å². The van der Waals surface area contributed by atoms with Gasteiger partial charge in [-0.1, -0.05) is 26.2 Å². The summed E-state index contributed by atoms with van der Waals surface area (Å²) >= 11 is 0. The van der Waals surface area contributed by atoms with E-state index >= 15 is 0 Å². The van der Waals surface area contributed by atoms with Gasteiger partial charge in [0.15, 0.2) is 0 Å². The Labute approximate surface area is 120 Å². The molecule has 0 radical (unpaired) electrons. The Morgan fingerprint density at radius 1 is 1.20 bits per heavy atom. The molecule has 2 N–H and O–H groups in total. The van der Waals surface area contributed by atoms with E-state index in [2.05, 4.69) is 5.32 Å². The Kier molecular flexibility index (Phi) is 6.17. The molecule has 0 aromatic heterocycles. The van der Waals surface area contributed by atoms with Crippen LogP contribution >= 0.6 is 0 Å². The normalized spacial score (nSPS) is 19.1. The van der Waals surface area contributed by atoms with Crippen molar-refractivity contribution < 1.29 is 19.5 Å². The molecule has 1 unspecified atom stereocenters. The molecule has 1 fully saturated rings. The second kappa shape index (κ2) is 7.41.